The summed E-state index contributed by atoms with van der Waals surface area (Å²) in [6, 6.07) is 12.1. The van der Waals surface area contributed by atoms with Gasteiger partial charge in [-0.15, -0.1) is 0 Å². The highest BCUT2D eigenvalue weighted by Crippen LogP contribution is 2.35. The van der Waals surface area contributed by atoms with E-state index >= 15 is 0 Å². The van der Waals surface area contributed by atoms with Crippen molar-refractivity contribution in [3.8, 4) is 5.75 Å². The van der Waals surface area contributed by atoms with Crippen LogP contribution in [0.4, 0.5) is 5.69 Å². The third-order valence-electron chi connectivity index (χ3n) is 4.54. The average Bonchev–Trinajstić information content (AvgIpc) is 3.05. The maximum atomic E-state index is 12.9. The smallest absolute Gasteiger partial charge is 0.273 e. The molecule has 2 aliphatic heterocycles. The van der Waals surface area contributed by atoms with Gasteiger partial charge >= 0.3 is 0 Å². The van der Waals surface area contributed by atoms with Gasteiger partial charge in [0.1, 0.15) is 23.6 Å². The number of ether oxygens (including phenoxy) is 1. The molecule has 6 nitrogen and oxygen atoms in total. The monoisotopic (exact) mass is 323 g/mol. The van der Waals surface area contributed by atoms with Crippen LogP contribution < -0.4 is 9.64 Å². The molecule has 2 unspecified atom stereocenters. The zero-order valence-corrected chi connectivity index (χ0v) is 13.3. The summed E-state index contributed by atoms with van der Waals surface area (Å²) in [7, 11) is 1.71. The molecule has 3 heterocycles. The van der Waals surface area contributed by atoms with Gasteiger partial charge in [0.05, 0.1) is 12.2 Å². The maximum absolute atomic E-state index is 12.9. The number of amides is 2. The molecule has 2 aromatic rings. The quantitative estimate of drug-likeness (QED) is 0.802. The van der Waals surface area contributed by atoms with E-state index in [4.69, 9.17) is 4.74 Å². The van der Waals surface area contributed by atoms with E-state index in [1.165, 1.54) is 0 Å². The van der Waals surface area contributed by atoms with Crippen molar-refractivity contribution in [3.05, 3.63) is 54.4 Å². The highest BCUT2D eigenvalue weighted by Gasteiger charge is 2.44. The van der Waals surface area contributed by atoms with Crippen LogP contribution in [0.2, 0.25) is 0 Å². The number of likely N-dealkylation sites (N-methyl/N-ethyl adjacent to an activating group) is 1. The van der Waals surface area contributed by atoms with E-state index in [1.807, 2.05) is 24.3 Å². The summed E-state index contributed by atoms with van der Waals surface area (Å²) in [5, 5.41) is 0. The van der Waals surface area contributed by atoms with E-state index in [1.54, 1.807) is 41.2 Å². The Hall–Kier alpha value is -2.89. The van der Waals surface area contributed by atoms with Gasteiger partial charge in [0.2, 0.25) is 5.91 Å². The second-order valence-electron chi connectivity index (χ2n) is 6.03. The lowest BCUT2D eigenvalue weighted by Crippen LogP contribution is -2.46. The fraction of sp³-hybridized carbons (Fsp3) is 0.278. The molecule has 1 saturated heterocycles. The summed E-state index contributed by atoms with van der Waals surface area (Å²) in [6.45, 7) is 0.383. The highest BCUT2D eigenvalue weighted by atomic mass is 16.5. The highest BCUT2D eigenvalue weighted by molar-refractivity contribution is 6.02. The van der Waals surface area contributed by atoms with E-state index in [9.17, 15) is 9.59 Å². The van der Waals surface area contributed by atoms with Crippen molar-refractivity contribution >= 4 is 17.5 Å². The summed E-state index contributed by atoms with van der Waals surface area (Å²) in [5.74, 6) is 0.334. The Labute approximate surface area is 139 Å². The molecule has 0 radical (unpaired) electrons. The first kappa shape index (κ1) is 14.7. The molecule has 0 saturated carbocycles. The lowest BCUT2D eigenvalue weighted by atomic mass is 10.1. The number of carbonyl (C=O) groups excluding carboxylic acids is 2. The molecule has 4 rings (SSSR count). The number of aromatic nitrogens is 1. The Balaban J connectivity index is 1.69. The minimum atomic E-state index is -0.525. The summed E-state index contributed by atoms with van der Waals surface area (Å²) in [5.41, 5.74) is 1.07. The molecule has 2 amide bonds. The van der Waals surface area contributed by atoms with Crippen LogP contribution in [-0.4, -0.2) is 47.4 Å². The summed E-state index contributed by atoms with van der Waals surface area (Å²) in [6.07, 6.45) is 1.88. The molecule has 122 valence electrons. The minimum absolute atomic E-state index is 0.0995. The van der Waals surface area contributed by atoms with Crippen LogP contribution in [0.5, 0.6) is 5.75 Å². The van der Waals surface area contributed by atoms with Crippen LogP contribution >= 0.6 is 0 Å². The third kappa shape index (κ3) is 2.31. The molecule has 2 atom stereocenters. The fourth-order valence-corrected chi connectivity index (χ4v) is 3.33. The molecule has 2 aliphatic rings. The van der Waals surface area contributed by atoms with Crippen LogP contribution in [-0.2, 0) is 4.79 Å². The maximum Gasteiger partial charge on any atom is 0.273 e. The fourth-order valence-electron chi connectivity index (χ4n) is 3.33. The van der Waals surface area contributed by atoms with Gasteiger partial charge in [-0.05, 0) is 24.3 Å². The Morgan fingerprint density at radius 3 is 2.79 bits per heavy atom. The molecule has 0 N–H and O–H groups in total. The standard InChI is InChI=1S/C18H17N3O3/c1-20-14-7-2-3-8-16(14)24-12-10-15(18(20)23)21(11-12)17(22)13-6-4-5-9-19-13/h2-9,12,15H,10-11H2,1H3. The summed E-state index contributed by atoms with van der Waals surface area (Å²) >= 11 is 0. The molecule has 0 aliphatic carbocycles. The Kier molecular flexibility index (Phi) is 3.45. The predicted molar refractivity (Wildman–Crippen MR) is 87.9 cm³/mol. The number of nitrogens with zero attached hydrogens (tertiary/aromatic N) is 3. The van der Waals surface area contributed by atoms with E-state index < -0.39 is 6.04 Å². The van der Waals surface area contributed by atoms with Gasteiger partial charge in [0.15, 0.2) is 0 Å². The normalized spacial score (nSPS) is 22.5. The summed E-state index contributed by atoms with van der Waals surface area (Å²) in [4.78, 5) is 33.0. The van der Waals surface area contributed by atoms with Gasteiger partial charge in [-0.2, -0.15) is 0 Å². The number of para-hydroxylation sites is 2. The summed E-state index contributed by atoms with van der Waals surface area (Å²) < 4.78 is 6.05. The number of pyridine rings is 1. The first-order valence-corrected chi connectivity index (χ1v) is 7.90. The van der Waals surface area contributed by atoms with Crippen LogP contribution in [0, 0.1) is 0 Å². The number of rotatable bonds is 1. The predicted octanol–water partition coefficient (Wildman–Crippen LogP) is 1.72. The van der Waals surface area contributed by atoms with Crippen LogP contribution in [0.1, 0.15) is 16.9 Å². The second-order valence-corrected chi connectivity index (χ2v) is 6.03. The Bertz CT molecular complexity index is 793. The molecule has 0 spiro atoms. The van der Waals surface area contributed by atoms with Crippen molar-refractivity contribution < 1.29 is 14.3 Å². The Morgan fingerprint density at radius 2 is 2.00 bits per heavy atom. The number of hydrogen-bond acceptors (Lipinski definition) is 4. The molecular formula is C18H17N3O3. The largest absolute Gasteiger partial charge is 0.486 e. The molecule has 6 heteroatoms. The lowest BCUT2D eigenvalue weighted by molar-refractivity contribution is -0.122. The minimum Gasteiger partial charge on any atom is -0.486 e. The van der Waals surface area contributed by atoms with E-state index in [0.717, 1.165) is 5.69 Å². The molecule has 24 heavy (non-hydrogen) atoms. The second kappa shape index (κ2) is 5.63. The van der Waals surface area contributed by atoms with E-state index in [0.29, 0.717) is 24.4 Å². The van der Waals surface area contributed by atoms with Crippen LogP contribution in [0.15, 0.2) is 48.7 Å². The van der Waals surface area contributed by atoms with Crippen molar-refractivity contribution in [1.29, 1.82) is 0 Å². The molecular weight excluding hydrogens is 306 g/mol. The number of anilines is 1. The first-order chi connectivity index (χ1) is 11.6. The van der Waals surface area contributed by atoms with Gasteiger partial charge in [0.25, 0.3) is 5.91 Å². The number of hydrogen-bond donors (Lipinski definition) is 0. The van der Waals surface area contributed by atoms with Gasteiger partial charge in [-0.1, -0.05) is 18.2 Å². The number of carbonyl (C=O) groups is 2. The van der Waals surface area contributed by atoms with Crippen molar-refractivity contribution in [2.24, 2.45) is 0 Å². The average molecular weight is 323 g/mol. The van der Waals surface area contributed by atoms with Crippen molar-refractivity contribution in [3.63, 3.8) is 0 Å². The van der Waals surface area contributed by atoms with E-state index in [2.05, 4.69) is 4.98 Å². The number of benzene rings is 1. The molecule has 2 bridgehead atoms. The van der Waals surface area contributed by atoms with Crippen molar-refractivity contribution in [1.82, 2.24) is 9.88 Å². The lowest BCUT2D eigenvalue weighted by Gasteiger charge is -2.28. The number of fused-ring (bicyclic) bond motifs is 3. The van der Waals surface area contributed by atoms with E-state index in [-0.39, 0.29) is 17.9 Å². The number of likely N-dealkylation sites (tertiary alicyclic amines) is 1. The van der Waals surface area contributed by atoms with Crippen molar-refractivity contribution in [2.75, 3.05) is 18.5 Å². The molecule has 1 aromatic heterocycles. The van der Waals surface area contributed by atoms with Gasteiger partial charge in [-0.25, -0.2) is 0 Å². The van der Waals surface area contributed by atoms with Crippen molar-refractivity contribution in [2.45, 2.75) is 18.6 Å². The zero-order chi connectivity index (χ0) is 16.7. The van der Waals surface area contributed by atoms with Gasteiger partial charge in [-0.3, -0.25) is 14.6 Å². The topological polar surface area (TPSA) is 62.7 Å². The SMILES string of the molecule is CN1C(=O)C2CC(CN2C(=O)c2ccccn2)Oc2ccccc21. The molecule has 1 aromatic carbocycles. The Morgan fingerprint density at radius 1 is 1.21 bits per heavy atom. The van der Waals surface area contributed by atoms with Crippen LogP contribution in [0.25, 0.3) is 0 Å². The first-order valence-electron chi connectivity index (χ1n) is 7.90. The third-order valence-corrected chi connectivity index (χ3v) is 4.54. The zero-order valence-electron chi connectivity index (χ0n) is 13.3. The van der Waals surface area contributed by atoms with Crippen LogP contribution in [0.3, 0.4) is 0 Å². The molecule has 1 fully saturated rings. The van der Waals surface area contributed by atoms with Gasteiger partial charge in [0, 0.05) is 19.7 Å². The van der Waals surface area contributed by atoms with Gasteiger partial charge < -0.3 is 14.5 Å².